The number of nitrogens with zero attached hydrogens (tertiary/aromatic N) is 1. The van der Waals surface area contributed by atoms with Crippen molar-refractivity contribution in [2.45, 2.75) is 51.7 Å². The summed E-state index contributed by atoms with van der Waals surface area (Å²) in [7, 11) is 0. The van der Waals surface area contributed by atoms with Gasteiger partial charge in [0.15, 0.2) is 0 Å². The van der Waals surface area contributed by atoms with Crippen LogP contribution in [0.5, 0.6) is 5.75 Å². The number of β-amino-alcohol motifs (C(OH)–C–C–N with tert-alkyl or cyclic N) is 2. The van der Waals surface area contributed by atoms with E-state index in [0.717, 1.165) is 24.2 Å². The average Bonchev–Trinajstić information content (AvgIpc) is 2.49. The molecule has 1 saturated heterocycles. The molecule has 5 heteroatoms. The number of carbonyl (C=O) groups is 1. The van der Waals surface area contributed by atoms with Gasteiger partial charge in [0.2, 0.25) is 5.91 Å². The lowest BCUT2D eigenvalue weighted by Gasteiger charge is -2.33. The molecule has 2 N–H and O–H groups in total. The van der Waals surface area contributed by atoms with E-state index in [4.69, 9.17) is 4.74 Å². The molecule has 0 bridgehead atoms. The first-order valence-electron chi connectivity index (χ1n) is 8.35. The topological polar surface area (TPSA) is 70.0 Å². The molecule has 1 heterocycles. The van der Waals surface area contributed by atoms with E-state index in [9.17, 15) is 15.0 Å². The summed E-state index contributed by atoms with van der Waals surface area (Å²) in [6, 6.07) is 6.12. The summed E-state index contributed by atoms with van der Waals surface area (Å²) in [5.41, 5.74) is 2.30. The lowest BCUT2D eigenvalue weighted by molar-refractivity contribution is -0.137. The van der Waals surface area contributed by atoms with Gasteiger partial charge in [-0.1, -0.05) is 12.1 Å². The van der Waals surface area contributed by atoms with Crippen molar-refractivity contribution < 1.29 is 19.7 Å². The maximum Gasteiger partial charge on any atom is 0.222 e. The van der Waals surface area contributed by atoms with Crippen LogP contribution in [0.3, 0.4) is 0 Å². The second-order valence-electron chi connectivity index (χ2n) is 6.23. The predicted molar refractivity (Wildman–Crippen MR) is 88.5 cm³/mol. The molecule has 0 spiro atoms. The Balaban J connectivity index is 1.80. The fraction of sp³-hybridized carbons (Fsp3) is 0.611. The molecule has 5 nitrogen and oxygen atoms in total. The molecule has 0 unspecified atom stereocenters. The van der Waals surface area contributed by atoms with E-state index in [0.29, 0.717) is 32.5 Å². The molecule has 0 aromatic heterocycles. The normalized spacial score (nSPS) is 21.3. The summed E-state index contributed by atoms with van der Waals surface area (Å²) in [5, 5.41) is 19.3. The number of carbonyl (C=O) groups excluding carboxylic acids is 1. The number of rotatable bonds is 6. The average molecular weight is 321 g/mol. The minimum Gasteiger partial charge on any atom is -0.494 e. The van der Waals surface area contributed by atoms with E-state index in [2.05, 4.69) is 6.07 Å². The number of likely N-dealkylation sites (tertiary alicyclic amines) is 1. The first-order valence-corrected chi connectivity index (χ1v) is 8.35. The number of amides is 1. The summed E-state index contributed by atoms with van der Waals surface area (Å²) < 4.78 is 5.53. The van der Waals surface area contributed by atoms with Crippen LogP contribution in [0.4, 0.5) is 0 Å². The van der Waals surface area contributed by atoms with Gasteiger partial charge in [0.1, 0.15) is 5.75 Å². The Kier molecular flexibility index (Phi) is 6.42. The van der Waals surface area contributed by atoms with Crippen LogP contribution in [0.15, 0.2) is 18.2 Å². The lowest BCUT2D eigenvalue weighted by atomic mass is 10.0. The standard InChI is InChI=1S/C18H27NO4/c1-3-23-17-8-7-14(9-13(17)2)5-4-6-18(22)19-11-15(20)10-16(21)12-19/h7-9,15-16,20-21H,3-6,10-12H2,1-2H3/t15-,16-/m1/s1. The van der Waals surface area contributed by atoms with E-state index < -0.39 is 12.2 Å². The highest BCUT2D eigenvalue weighted by atomic mass is 16.5. The minimum atomic E-state index is -0.614. The van der Waals surface area contributed by atoms with Gasteiger partial charge in [-0.2, -0.15) is 0 Å². The van der Waals surface area contributed by atoms with Crippen molar-refractivity contribution in [3.8, 4) is 5.75 Å². The van der Waals surface area contributed by atoms with Crippen LogP contribution >= 0.6 is 0 Å². The van der Waals surface area contributed by atoms with Crippen LogP contribution < -0.4 is 4.74 Å². The first-order chi connectivity index (χ1) is 11.0. The molecule has 1 amide bonds. The fourth-order valence-electron chi connectivity index (χ4n) is 3.04. The Morgan fingerprint density at radius 2 is 2.00 bits per heavy atom. The van der Waals surface area contributed by atoms with Crippen molar-refractivity contribution >= 4 is 5.91 Å². The number of aryl methyl sites for hydroxylation is 2. The summed E-state index contributed by atoms with van der Waals surface area (Å²) in [5.74, 6) is 0.911. The zero-order valence-electron chi connectivity index (χ0n) is 14.0. The summed E-state index contributed by atoms with van der Waals surface area (Å²) in [6.45, 7) is 5.31. The van der Waals surface area contributed by atoms with E-state index in [1.54, 1.807) is 4.90 Å². The molecule has 0 radical (unpaired) electrons. The molecular weight excluding hydrogens is 294 g/mol. The van der Waals surface area contributed by atoms with Crippen LogP contribution in [-0.4, -0.2) is 52.9 Å². The van der Waals surface area contributed by atoms with Crippen molar-refractivity contribution in [2.75, 3.05) is 19.7 Å². The van der Waals surface area contributed by atoms with Gasteiger partial charge < -0.3 is 19.8 Å². The van der Waals surface area contributed by atoms with Crippen molar-refractivity contribution in [3.05, 3.63) is 29.3 Å². The van der Waals surface area contributed by atoms with Crippen molar-refractivity contribution in [3.63, 3.8) is 0 Å². The van der Waals surface area contributed by atoms with Gasteiger partial charge in [-0.05, 0) is 43.9 Å². The summed E-state index contributed by atoms with van der Waals surface area (Å²) in [6.07, 6.45) is 1.15. The third-order valence-electron chi connectivity index (χ3n) is 4.15. The maximum atomic E-state index is 12.2. The molecule has 1 aromatic rings. The summed E-state index contributed by atoms with van der Waals surface area (Å²) in [4.78, 5) is 13.7. The number of piperidine rings is 1. The molecule has 1 aliphatic heterocycles. The van der Waals surface area contributed by atoms with Gasteiger partial charge in [0, 0.05) is 25.9 Å². The molecule has 128 valence electrons. The van der Waals surface area contributed by atoms with Crippen molar-refractivity contribution in [2.24, 2.45) is 0 Å². The van der Waals surface area contributed by atoms with Gasteiger partial charge in [0.05, 0.1) is 18.8 Å². The van der Waals surface area contributed by atoms with E-state index in [1.807, 2.05) is 26.0 Å². The van der Waals surface area contributed by atoms with Crippen LogP contribution in [-0.2, 0) is 11.2 Å². The Morgan fingerprint density at radius 1 is 1.30 bits per heavy atom. The molecule has 1 aromatic carbocycles. The van der Waals surface area contributed by atoms with E-state index in [1.165, 1.54) is 5.56 Å². The second kappa shape index (κ2) is 8.31. The number of benzene rings is 1. The first kappa shape index (κ1) is 17.8. The van der Waals surface area contributed by atoms with E-state index >= 15 is 0 Å². The van der Waals surface area contributed by atoms with Gasteiger partial charge in [-0.3, -0.25) is 4.79 Å². The van der Waals surface area contributed by atoms with Gasteiger partial charge >= 0.3 is 0 Å². The van der Waals surface area contributed by atoms with Crippen LogP contribution in [0.25, 0.3) is 0 Å². The van der Waals surface area contributed by atoms with Gasteiger partial charge in [-0.25, -0.2) is 0 Å². The molecule has 2 atom stereocenters. The minimum absolute atomic E-state index is 0.00505. The molecule has 23 heavy (non-hydrogen) atoms. The fourth-order valence-corrected chi connectivity index (χ4v) is 3.04. The third-order valence-corrected chi connectivity index (χ3v) is 4.15. The molecule has 1 fully saturated rings. The van der Waals surface area contributed by atoms with Crippen LogP contribution in [0, 0.1) is 6.92 Å². The number of aliphatic hydroxyl groups is 2. The molecule has 0 saturated carbocycles. The van der Waals surface area contributed by atoms with Crippen LogP contribution in [0.1, 0.15) is 37.3 Å². The Hall–Kier alpha value is -1.59. The molecular formula is C18H27NO4. The zero-order valence-corrected chi connectivity index (χ0v) is 14.0. The van der Waals surface area contributed by atoms with E-state index in [-0.39, 0.29) is 5.91 Å². The maximum absolute atomic E-state index is 12.2. The lowest BCUT2D eigenvalue weighted by Crippen LogP contribution is -2.48. The van der Waals surface area contributed by atoms with Crippen molar-refractivity contribution in [1.29, 1.82) is 0 Å². The van der Waals surface area contributed by atoms with Crippen molar-refractivity contribution in [1.82, 2.24) is 4.90 Å². The molecule has 1 aliphatic rings. The van der Waals surface area contributed by atoms with Gasteiger partial charge in [-0.15, -0.1) is 0 Å². The Morgan fingerprint density at radius 3 is 2.61 bits per heavy atom. The highest BCUT2D eigenvalue weighted by Crippen LogP contribution is 2.20. The summed E-state index contributed by atoms with van der Waals surface area (Å²) >= 11 is 0. The number of aliphatic hydroxyl groups excluding tert-OH is 2. The SMILES string of the molecule is CCOc1ccc(CCCC(=O)N2C[C@H](O)C[C@@H](O)C2)cc1C. The smallest absolute Gasteiger partial charge is 0.222 e. The number of hydrogen-bond acceptors (Lipinski definition) is 4. The Bertz CT molecular complexity index is 522. The second-order valence-corrected chi connectivity index (χ2v) is 6.23. The number of hydrogen-bond donors (Lipinski definition) is 2. The quantitative estimate of drug-likeness (QED) is 0.836. The molecule has 0 aliphatic carbocycles. The predicted octanol–water partition coefficient (Wildman–Crippen LogP) is 1.67. The monoisotopic (exact) mass is 321 g/mol. The molecule has 2 rings (SSSR count). The zero-order chi connectivity index (χ0) is 16.8. The van der Waals surface area contributed by atoms with Crippen LogP contribution in [0.2, 0.25) is 0 Å². The Labute approximate surface area is 137 Å². The third kappa shape index (κ3) is 5.22. The largest absolute Gasteiger partial charge is 0.494 e. The number of ether oxygens (including phenoxy) is 1. The highest BCUT2D eigenvalue weighted by molar-refractivity contribution is 5.76. The highest BCUT2D eigenvalue weighted by Gasteiger charge is 2.27. The van der Waals surface area contributed by atoms with Gasteiger partial charge in [0.25, 0.3) is 0 Å².